The van der Waals surface area contributed by atoms with Gasteiger partial charge in [-0.1, -0.05) is 67.7 Å². The summed E-state index contributed by atoms with van der Waals surface area (Å²) in [4.78, 5) is 14.6. The highest BCUT2D eigenvalue weighted by atomic mass is 32.2. The molecule has 0 atom stereocenters. The molecule has 2 nitrogen and oxygen atoms in total. The van der Waals surface area contributed by atoms with Crippen LogP contribution in [-0.4, -0.2) is 21.7 Å². The van der Waals surface area contributed by atoms with Gasteiger partial charge in [-0.15, -0.1) is 0 Å². The monoisotopic (exact) mass is 277 g/mol. The molecule has 1 aliphatic heterocycles. The van der Waals surface area contributed by atoms with Gasteiger partial charge in [-0.3, -0.25) is 9.69 Å². The van der Waals surface area contributed by atoms with Crippen LogP contribution in [0, 0.1) is 0 Å². The summed E-state index contributed by atoms with van der Waals surface area (Å²) < 4.78 is 0.677. The lowest BCUT2D eigenvalue weighted by atomic mass is 10.2. The molecule has 1 aromatic carbocycles. The number of unbranched alkanes of at least 4 members (excludes halogenated alkanes) is 1. The minimum atomic E-state index is 0.0438. The minimum Gasteiger partial charge on any atom is -0.293 e. The maximum Gasteiger partial charge on any atom is 0.266 e. The first kappa shape index (κ1) is 13.3. The molecule has 0 aliphatic carbocycles. The third kappa shape index (κ3) is 3.00. The van der Waals surface area contributed by atoms with E-state index >= 15 is 0 Å². The molecule has 1 fully saturated rings. The largest absolute Gasteiger partial charge is 0.293 e. The number of thiocarbonyl (C=S) groups is 1. The molecule has 1 amide bonds. The van der Waals surface area contributed by atoms with Gasteiger partial charge in [-0.25, -0.2) is 0 Å². The fourth-order valence-electron chi connectivity index (χ4n) is 1.71. The molecule has 0 radical (unpaired) electrons. The van der Waals surface area contributed by atoms with Crippen LogP contribution < -0.4 is 0 Å². The Kier molecular flexibility index (Phi) is 4.55. The summed E-state index contributed by atoms with van der Waals surface area (Å²) in [7, 11) is 0. The SMILES string of the molecule is CCCCN1C(=O)C(=Cc2ccccc2)SC1=S. The molecule has 4 heteroatoms. The van der Waals surface area contributed by atoms with Crippen molar-refractivity contribution in [2.75, 3.05) is 6.54 Å². The molecular weight excluding hydrogens is 262 g/mol. The van der Waals surface area contributed by atoms with Crippen LogP contribution in [0.5, 0.6) is 0 Å². The molecule has 18 heavy (non-hydrogen) atoms. The van der Waals surface area contributed by atoms with E-state index < -0.39 is 0 Å². The van der Waals surface area contributed by atoms with Crippen LogP contribution in [0.15, 0.2) is 35.2 Å². The number of hydrogen-bond acceptors (Lipinski definition) is 3. The number of nitrogens with zero attached hydrogens (tertiary/aromatic N) is 1. The van der Waals surface area contributed by atoms with E-state index in [-0.39, 0.29) is 5.91 Å². The van der Waals surface area contributed by atoms with E-state index in [1.165, 1.54) is 11.8 Å². The first-order chi connectivity index (χ1) is 8.72. The molecule has 94 valence electrons. The topological polar surface area (TPSA) is 20.3 Å². The van der Waals surface area contributed by atoms with Crippen LogP contribution in [0.4, 0.5) is 0 Å². The van der Waals surface area contributed by atoms with E-state index in [9.17, 15) is 4.79 Å². The summed E-state index contributed by atoms with van der Waals surface area (Å²) in [6, 6.07) is 9.86. The number of carbonyl (C=O) groups is 1. The third-order valence-corrected chi connectivity index (χ3v) is 4.08. The molecule has 1 aromatic rings. The molecule has 0 spiro atoms. The second-order valence-corrected chi connectivity index (χ2v) is 5.77. The Morgan fingerprint density at radius 1 is 1.33 bits per heavy atom. The summed E-state index contributed by atoms with van der Waals surface area (Å²) >= 11 is 6.65. The summed E-state index contributed by atoms with van der Waals surface area (Å²) in [6.45, 7) is 2.84. The summed E-state index contributed by atoms with van der Waals surface area (Å²) in [5.41, 5.74) is 1.04. The van der Waals surface area contributed by atoms with Crippen molar-refractivity contribution < 1.29 is 4.79 Å². The predicted molar refractivity (Wildman–Crippen MR) is 81.2 cm³/mol. The Bertz CT molecular complexity index is 482. The first-order valence-electron chi connectivity index (χ1n) is 6.03. The van der Waals surface area contributed by atoms with Gasteiger partial charge in [0.25, 0.3) is 5.91 Å². The lowest BCUT2D eigenvalue weighted by Gasteiger charge is -2.12. The van der Waals surface area contributed by atoms with Crippen molar-refractivity contribution in [1.82, 2.24) is 4.90 Å². The maximum absolute atomic E-state index is 12.2. The van der Waals surface area contributed by atoms with E-state index in [2.05, 4.69) is 6.92 Å². The van der Waals surface area contributed by atoms with Crippen molar-refractivity contribution >= 4 is 40.3 Å². The second-order valence-electron chi connectivity index (χ2n) is 4.10. The zero-order chi connectivity index (χ0) is 13.0. The van der Waals surface area contributed by atoms with Crippen LogP contribution >= 0.6 is 24.0 Å². The quantitative estimate of drug-likeness (QED) is 0.618. The van der Waals surface area contributed by atoms with E-state index in [1.807, 2.05) is 36.4 Å². The predicted octanol–water partition coefficient (Wildman–Crippen LogP) is 3.69. The molecule has 2 rings (SSSR count). The van der Waals surface area contributed by atoms with Gasteiger partial charge in [0, 0.05) is 6.54 Å². The second kappa shape index (κ2) is 6.16. The summed E-state index contributed by atoms with van der Waals surface area (Å²) in [6.07, 6.45) is 3.96. The molecule has 0 saturated carbocycles. The standard InChI is InChI=1S/C14H15NOS2/c1-2-3-9-15-13(16)12(18-14(15)17)10-11-7-5-4-6-8-11/h4-8,10H,2-3,9H2,1H3. The molecule has 0 bridgehead atoms. The van der Waals surface area contributed by atoms with Crippen LogP contribution in [0.2, 0.25) is 0 Å². The highest BCUT2D eigenvalue weighted by Crippen LogP contribution is 2.32. The normalized spacial score (nSPS) is 17.8. The van der Waals surface area contributed by atoms with Gasteiger partial charge in [0.15, 0.2) is 0 Å². The lowest BCUT2D eigenvalue weighted by molar-refractivity contribution is -0.122. The van der Waals surface area contributed by atoms with Crippen LogP contribution in [0.25, 0.3) is 6.08 Å². The van der Waals surface area contributed by atoms with Gasteiger partial charge in [0.2, 0.25) is 0 Å². The number of amides is 1. The number of thioether (sulfide) groups is 1. The Hall–Kier alpha value is -1.13. The third-order valence-electron chi connectivity index (χ3n) is 2.71. The zero-order valence-electron chi connectivity index (χ0n) is 10.3. The highest BCUT2D eigenvalue weighted by Gasteiger charge is 2.31. The van der Waals surface area contributed by atoms with Crippen molar-refractivity contribution in [2.24, 2.45) is 0 Å². The summed E-state index contributed by atoms with van der Waals surface area (Å²) in [5.74, 6) is 0.0438. The van der Waals surface area contributed by atoms with Gasteiger partial charge >= 0.3 is 0 Å². The Balaban J connectivity index is 2.15. The van der Waals surface area contributed by atoms with Crippen molar-refractivity contribution in [3.8, 4) is 0 Å². The first-order valence-corrected chi connectivity index (χ1v) is 7.25. The smallest absolute Gasteiger partial charge is 0.266 e. The highest BCUT2D eigenvalue weighted by molar-refractivity contribution is 8.26. The zero-order valence-corrected chi connectivity index (χ0v) is 11.9. The molecule has 1 aliphatic rings. The van der Waals surface area contributed by atoms with Crippen LogP contribution in [0.3, 0.4) is 0 Å². The van der Waals surface area contributed by atoms with E-state index in [1.54, 1.807) is 4.90 Å². The number of hydrogen-bond donors (Lipinski definition) is 0. The van der Waals surface area contributed by atoms with Crippen LogP contribution in [-0.2, 0) is 4.79 Å². The molecule has 0 unspecified atom stereocenters. The fraction of sp³-hybridized carbons (Fsp3) is 0.286. The van der Waals surface area contributed by atoms with Crippen molar-refractivity contribution in [3.63, 3.8) is 0 Å². The van der Waals surface area contributed by atoms with E-state index in [4.69, 9.17) is 12.2 Å². The van der Waals surface area contributed by atoms with Crippen molar-refractivity contribution in [3.05, 3.63) is 40.8 Å². The van der Waals surface area contributed by atoms with Crippen molar-refractivity contribution in [1.29, 1.82) is 0 Å². The number of rotatable bonds is 4. The minimum absolute atomic E-state index is 0.0438. The number of benzene rings is 1. The average Bonchev–Trinajstić information content (AvgIpc) is 2.64. The average molecular weight is 277 g/mol. The number of carbonyl (C=O) groups excluding carboxylic acids is 1. The molecule has 1 saturated heterocycles. The molecule has 0 aromatic heterocycles. The van der Waals surface area contributed by atoms with Gasteiger partial charge < -0.3 is 0 Å². The Morgan fingerprint density at radius 3 is 2.72 bits per heavy atom. The lowest BCUT2D eigenvalue weighted by Crippen LogP contribution is -2.28. The Labute approximate surface area is 117 Å². The van der Waals surface area contributed by atoms with Gasteiger partial charge in [-0.2, -0.15) is 0 Å². The van der Waals surface area contributed by atoms with E-state index in [0.29, 0.717) is 4.32 Å². The maximum atomic E-state index is 12.2. The molecule has 0 N–H and O–H groups in total. The van der Waals surface area contributed by atoms with Gasteiger partial charge in [0.05, 0.1) is 4.91 Å². The van der Waals surface area contributed by atoms with Gasteiger partial charge in [0.1, 0.15) is 4.32 Å². The van der Waals surface area contributed by atoms with Gasteiger partial charge in [-0.05, 0) is 18.1 Å². The molecule has 1 heterocycles. The van der Waals surface area contributed by atoms with Crippen molar-refractivity contribution in [2.45, 2.75) is 19.8 Å². The molecular formula is C14H15NOS2. The summed E-state index contributed by atoms with van der Waals surface area (Å²) in [5, 5.41) is 0. The van der Waals surface area contributed by atoms with Crippen LogP contribution in [0.1, 0.15) is 25.3 Å². The Morgan fingerprint density at radius 2 is 2.06 bits per heavy atom. The van der Waals surface area contributed by atoms with E-state index in [0.717, 1.165) is 29.9 Å². The fourth-order valence-corrected chi connectivity index (χ4v) is 3.02.